The summed E-state index contributed by atoms with van der Waals surface area (Å²) in [6.45, 7) is 3.32. The molecule has 2 amide bonds. The lowest BCUT2D eigenvalue weighted by atomic mass is 9.98. The minimum absolute atomic E-state index is 0.0678. The Morgan fingerprint density at radius 2 is 1.61 bits per heavy atom. The number of carbonyl (C=O) groups excluding carboxylic acids is 3. The Hall–Kier alpha value is -5.13. The van der Waals surface area contributed by atoms with E-state index in [0.717, 1.165) is 34.4 Å². The van der Waals surface area contributed by atoms with Crippen molar-refractivity contribution in [2.75, 3.05) is 13.3 Å². The van der Waals surface area contributed by atoms with Gasteiger partial charge in [0, 0.05) is 36.4 Å². The summed E-state index contributed by atoms with van der Waals surface area (Å²) in [4.78, 5) is 44.2. The van der Waals surface area contributed by atoms with Crippen molar-refractivity contribution in [2.24, 2.45) is 0 Å². The van der Waals surface area contributed by atoms with Crippen LogP contribution in [-0.4, -0.2) is 57.8 Å². The van der Waals surface area contributed by atoms with Crippen LogP contribution in [0, 0.1) is 0 Å². The molecule has 2 aliphatic rings. The summed E-state index contributed by atoms with van der Waals surface area (Å²) in [6, 6.07) is 17.1. The lowest BCUT2D eigenvalue weighted by molar-refractivity contribution is -0.154. The first-order valence-corrected chi connectivity index (χ1v) is 13.1. The number of nitrogens with zero attached hydrogens (tertiary/aromatic N) is 1. The molecule has 214 valence electrons. The highest BCUT2D eigenvalue weighted by atomic mass is 16.7. The van der Waals surface area contributed by atoms with E-state index in [1.54, 1.807) is 6.20 Å². The lowest BCUT2D eigenvalue weighted by Crippen LogP contribution is -2.58. The zero-order valence-electron chi connectivity index (χ0n) is 22.5. The van der Waals surface area contributed by atoms with E-state index in [9.17, 15) is 24.6 Å². The molecule has 3 aromatic rings. The van der Waals surface area contributed by atoms with Crippen LogP contribution < -0.4 is 26.1 Å². The molecule has 1 aliphatic heterocycles. The van der Waals surface area contributed by atoms with Crippen molar-refractivity contribution in [3.8, 4) is 22.9 Å². The van der Waals surface area contributed by atoms with E-state index < -0.39 is 41.3 Å². The highest BCUT2D eigenvalue weighted by Crippen LogP contribution is 2.44. The number of aromatic nitrogens is 1. The average molecular weight is 562 g/mol. The summed E-state index contributed by atoms with van der Waals surface area (Å²) in [5, 5.41) is 30.8. The second kappa shape index (κ2) is 11.2. The molecular weight excluding hydrogens is 530 g/mol. The van der Waals surface area contributed by atoms with Crippen molar-refractivity contribution in [3.63, 3.8) is 0 Å². The van der Waals surface area contributed by atoms with Crippen molar-refractivity contribution < 1.29 is 34.2 Å². The lowest BCUT2D eigenvalue weighted by Gasteiger charge is -2.27. The highest BCUT2D eigenvalue weighted by Gasteiger charge is 2.36. The fraction of sp³-hybridized carbons (Fsp3) is 0.276. The molecule has 41 heavy (non-hydrogen) atoms. The maximum atomic E-state index is 13.3. The molecular formula is C29H31N5O7. The van der Waals surface area contributed by atoms with E-state index in [1.807, 2.05) is 48.5 Å². The molecule has 2 heterocycles. The van der Waals surface area contributed by atoms with Crippen LogP contribution in [0.3, 0.4) is 0 Å². The second-order valence-corrected chi connectivity index (χ2v) is 10.3. The number of fused-ring (bicyclic) bond motifs is 3. The summed E-state index contributed by atoms with van der Waals surface area (Å²) < 4.78 is 6.15. The molecule has 0 spiro atoms. The Balaban J connectivity index is 1.26. The topological polar surface area (TPSA) is 163 Å². The third-order valence-electron chi connectivity index (χ3n) is 6.99. The molecule has 12 nitrogen and oxygen atoms in total. The van der Waals surface area contributed by atoms with Crippen LogP contribution in [0.5, 0.6) is 11.8 Å². The molecule has 1 aliphatic carbocycles. The molecule has 0 unspecified atom stereocenters. The van der Waals surface area contributed by atoms with Crippen molar-refractivity contribution in [2.45, 2.75) is 37.8 Å². The first-order valence-electron chi connectivity index (χ1n) is 13.1. The van der Waals surface area contributed by atoms with E-state index in [1.165, 1.54) is 13.8 Å². The van der Waals surface area contributed by atoms with Gasteiger partial charge in [0.15, 0.2) is 0 Å². The smallest absolute Gasteiger partial charge is 0.407 e. The predicted molar refractivity (Wildman–Crippen MR) is 147 cm³/mol. The monoisotopic (exact) mass is 561 g/mol. The summed E-state index contributed by atoms with van der Waals surface area (Å²) in [5.74, 6) is -2.79. The van der Waals surface area contributed by atoms with Crippen LogP contribution in [0.25, 0.3) is 11.1 Å². The van der Waals surface area contributed by atoms with Crippen LogP contribution in [0.2, 0.25) is 0 Å². The molecule has 1 aromatic heterocycles. The number of hydrogen-bond acceptors (Lipinski definition) is 9. The first-order chi connectivity index (χ1) is 19.6. The summed E-state index contributed by atoms with van der Waals surface area (Å²) in [5.41, 5.74) is 3.38. The number of nitrogens with one attached hydrogen (secondary N) is 4. The van der Waals surface area contributed by atoms with Gasteiger partial charge in [0.2, 0.25) is 17.7 Å². The molecule has 5 rings (SSSR count). The molecule has 6 N–H and O–H groups in total. The van der Waals surface area contributed by atoms with Crippen molar-refractivity contribution in [1.29, 1.82) is 0 Å². The zero-order chi connectivity index (χ0) is 29.1. The Kier molecular flexibility index (Phi) is 7.47. The normalized spacial score (nSPS) is 14.5. The minimum Gasteiger partial charge on any atom is -0.492 e. The number of aromatic hydroxyl groups is 2. The second-order valence-electron chi connectivity index (χ2n) is 10.3. The number of benzene rings is 2. The number of amides is 2. The van der Waals surface area contributed by atoms with Gasteiger partial charge in [0.05, 0.1) is 6.67 Å². The van der Waals surface area contributed by atoms with Crippen molar-refractivity contribution in [3.05, 3.63) is 83.7 Å². The van der Waals surface area contributed by atoms with Gasteiger partial charge in [-0.2, -0.15) is 0 Å². The van der Waals surface area contributed by atoms with E-state index in [-0.39, 0.29) is 18.9 Å². The van der Waals surface area contributed by atoms with Gasteiger partial charge in [-0.25, -0.2) is 9.59 Å². The van der Waals surface area contributed by atoms with Gasteiger partial charge in [-0.3, -0.25) is 4.79 Å². The molecule has 0 radical (unpaired) electrons. The summed E-state index contributed by atoms with van der Waals surface area (Å²) in [7, 11) is 0. The van der Waals surface area contributed by atoms with Gasteiger partial charge in [-0.15, -0.1) is 4.73 Å². The van der Waals surface area contributed by atoms with E-state index in [2.05, 4.69) is 21.3 Å². The van der Waals surface area contributed by atoms with E-state index in [0.29, 0.717) is 17.1 Å². The third kappa shape index (κ3) is 5.76. The minimum atomic E-state index is -1.60. The largest absolute Gasteiger partial charge is 0.492 e. The van der Waals surface area contributed by atoms with Gasteiger partial charge in [-0.1, -0.05) is 48.5 Å². The van der Waals surface area contributed by atoms with E-state index in [4.69, 9.17) is 9.57 Å². The van der Waals surface area contributed by atoms with Gasteiger partial charge < -0.3 is 41.1 Å². The van der Waals surface area contributed by atoms with Gasteiger partial charge in [0.1, 0.15) is 18.2 Å². The summed E-state index contributed by atoms with van der Waals surface area (Å²) >= 11 is 0. The Morgan fingerprint density at radius 1 is 1.00 bits per heavy atom. The molecule has 0 fully saturated rings. The number of alkyl carbamates (subject to hydrolysis) is 1. The number of rotatable bonds is 9. The Labute approximate surface area is 235 Å². The molecule has 0 bridgehead atoms. The SMILES string of the molecule is CC(C)(NC(=O)[C@H](CC1=CNCN1)NC(=O)OCC1c2ccccc2-c2ccccc21)C(=O)On1c(O)ccc1O. The Morgan fingerprint density at radius 3 is 2.20 bits per heavy atom. The molecule has 0 saturated heterocycles. The number of ether oxygens (including phenoxy) is 1. The van der Waals surface area contributed by atoms with Crippen LogP contribution in [0.15, 0.2) is 72.6 Å². The molecule has 1 atom stereocenters. The van der Waals surface area contributed by atoms with Gasteiger partial charge >= 0.3 is 12.1 Å². The maximum absolute atomic E-state index is 13.3. The first kappa shape index (κ1) is 27.4. The van der Waals surface area contributed by atoms with Gasteiger partial charge in [-0.05, 0) is 36.1 Å². The summed E-state index contributed by atoms with van der Waals surface area (Å²) in [6.07, 6.45) is 0.991. The van der Waals surface area contributed by atoms with Crippen molar-refractivity contribution >= 4 is 18.0 Å². The standard InChI is InChI=1S/C29H31N5O7/c1-29(2,27(38)41-34-24(35)11-12-25(34)36)33-26(37)23(13-17-14-30-16-31-17)32-28(39)40-15-22-20-9-5-3-7-18(20)19-8-4-6-10-21(19)22/h3-12,14,22-23,30-31,35-36H,13,15-16H2,1-2H3,(H,32,39)(H,33,37)/t23-/m0/s1. The van der Waals surface area contributed by atoms with E-state index >= 15 is 0 Å². The van der Waals surface area contributed by atoms with Crippen LogP contribution >= 0.6 is 0 Å². The predicted octanol–water partition coefficient (Wildman–Crippen LogP) is 2.04. The molecule has 12 heteroatoms. The van der Waals surface area contributed by atoms with Crippen LogP contribution in [-0.2, 0) is 14.3 Å². The Bertz CT molecular complexity index is 1450. The third-order valence-corrected chi connectivity index (χ3v) is 6.99. The fourth-order valence-electron chi connectivity index (χ4n) is 4.87. The van der Waals surface area contributed by atoms with Gasteiger partial charge in [0.25, 0.3) is 0 Å². The highest BCUT2D eigenvalue weighted by molar-refractivity contribution is 5.91. The number of hydrogen-bond donors (Lipinski definition) is 6. The quantitative estimate of drug-likeness (QED) is 0.229. The molecule has 0 saturated carbocycles. The average Bonchev–Trinajstić information content (AvgIpc) is 3.66. The maximum Gasteiger partial charge on any atom is 0.407 e. The molecule has 2 aromatic carbocycles. The van der Waals surface area contributed by atoms with Crippen LogP contribution in [0.1, 0.15) is 37.3 Å². The fourth-order valence-corrected chi connectivity index (χ4v) is 4.87. The number of carbonyl (C=O) groups is 3. The van der Waals surface area contributed by atoms with Crippen LogP contribution in [0.4, 0.5) is 4.79 Å². The van der Waals surface area contributed by atoms with Crippen molar-refractivity contribution in [1.82, 2.24) is 26.0 Å². The zero-order valence-corrected chi connectivity index (χ0v) is 22.5.